The van der Waals surface area contributed by atoms with Crippen molar-refractivity contribution in [3.63, 3.8) is 0 Å². The first-order valence-corrected chi connectivity index (χ1v) is 19.7. The Balaban J connectivity index is 3.82. The first-order valence-electron chi connectivity index (χ1n) is 19.7. The van der Waals surface area contributed by atoms with E-state index in [2.05, 4.69) is 37.2 Å². The molecule has 7 N–H and O–H groups in total. The summed E-state index contributed by atoms with van der Waals surface area (Å²) in [6, 6.07) is -7.14. The lowest BCUT2D eigenvalue weighted by Crippen LogP contribution is -2.64. The van der Waals surface area contributed by atoms with Gasteiger partial charge in [0.2, 0.25) is 41.4 Å². The van der Waals surface area contributed by atoms with Gasteiger partial charge >= 0.3 is 5.97 Å². The van der Waals surface area contributed by atoms with Crippen LogP contribution >= 0.6 is 0 Å². The van der Waals surface area contributed by atoms with Crippen LogP contribution in [-0.4, -0.2) is 95.2 Å². The summed E-state index contributed by atoms with van der Waals surface area (Å²) in [4.78, 5) is 109. The van der Waals surface area contributed by atoms with Gasteiger partial charge in [0, 0.05) is 6.42 Å². The van der Waals surface area contributed by atoms with Crippen LogP contribution in [-0.2, 0) is 43.1 Å². The number of carbonyl (C=O) groups is 8. The van der Waals surface area contributed by atoms with Crippen LogP contribution in [0.5, 0.6) is 0 Å². The molecule has 16 heteroatoms. The van der Waals surface area contributed by atoms with E-state index < -0.39 is 95.2 Å². The van der Waals surface area contributed by atoms with Gasteiger partial charge in [0.15, 0.2) is 0 Å². The van der Waals surface area contributed by atoms with Crippen molar-refractivity contribution in [1.29, 1.82) is 0 Å². The lowest BCUT2D eigenvalue weighted by atomic mass is 9.88. The second kappa shape index (κ2) is 22.3. The number of esters is 1. The summed E-state index contributed by atoms with van der Waals surface area (Å²) in [7, 11) is 0. The maximum Gasteiger partial charge on any atom is 0.328 e. The van der Waals surface area contributed by atoms with Crippen LogP contribution in [0.15, 0.2) is 0 Å². The highest BCUT2D eigenvalue weighted by molar-refractivity contribution is 5.99. The monoisotopic (exact) mass is 780 g/mol. The molecule has 0 radical (unpaired) electrons. The average Bonchev–Trinajstić information content (AvgIpc) is 3.04. The van der Waals surface area contributed by atoms with Gasteiger partial charge in [0.1, 0.15) is 47.9 Å². The topological polar surface area (TPSA) is 230 Å². The number of hydrogen-bond acceptors (Lipinski definition) is 9. The fourth-order valence-corrected chi connectivity index (χ4v) is 6.33. The molecule has 7 amide bonds. The molecule has 8 atom stereocenters. The number of cyclic esters (lactones) is 1. The fraction of sp³-hybridized carbons (Fsp3) is 0.795. The first kappa shape index (κ1) is 48.8. The third kappa shape index (κ3) is 16.6. The van der Waals surface area contributed by atoms with E-state index >= 15 is 0 Å². The van der Waals surface area contributed by atoms with Crippen molar-refractivity contribution in [3.8, 4) is 0 Å². The molecule has 16 nitrogen and oxygen atoms in total. The summed E-state index contributed by atoms with van der Waals surface area (Å²) in [5.74, 6) is -5.77. The molecule has 314 valence electrons. The molecule has 0 aliphatic carbocycles. The molecule has 0 bridgehead atoms. The molecule has 8 unspecified atom stereocenters. The fourth-order valence-electron chi connectivity index (χ4n) is 6.33. The summed E-state index contributed by atoms with van der Waals surface area (Å²) in [5, 5.41) is 18.9. The Labute approximate surface area is 327 Å². The minimum atomic E-state index is -1.55. The van der Waals surface area contributed by atoms with Crippen LogP contribution in [0.2, 0.25) is 0 Å². The molecule has 1 aliphatic rings. The summed E-state index contributed by atoms with van der Waals surface area (Å²) >= 11 is 0. The molecule has 0 aromatic carbocycles. The smallest absolute Gasteiger partial charge is 0.328 e. The van der Waals surface area contributed by atoms with Gasteiger partial charge in [-0.05, 0) is 83.5 Å². The molecule has 0 aromatic heterocycles. The van der Waals surface area contributed by atoms with Crippen LogP contribution in [0.3, 0.4) is 0 Å². The van der Waals surface area contributed by atoms with Gasteiger partial charge in [0.25, 0.3) is 0 Å². The third-order valence-electron chi connectivity index (χ3n) is 9.04. The molecular formula is C39H69N7O9. The average molecular weight is 780 g/mol. The lowest BCUT2D eigenvalue weighted by molar-refractivity contribution is -0.155. The van der Waals surface area contributed by atoms with E-state index in [1.807, 2.05) is 55.4 Å². The van der Waals surface area contributed by atoms with Gasteiger partial charge in [0.05, 0.1) is 0 Å². The number of carbonyl (C=O) groups excluding carboxylic acids is 8. The molecular weight excluding hydrogens is 710 g/mol. The molecule has 0 saturated carbocycles. The van der Waals surface area contributed by atoms with Gasteiger partial charge in [-0.2, -0.15) is 0 Å². The Morgan fingerprint density at radius 1 is 0.636 bits per heavy atom. The highest BCUT2D eigenvalue weighted by atomic mass is 16.5. The SMILES string of the molecule is CCCC(=O)NC1C(=O)NC(C)C(=O)NC(C)(CC(C)C)C(=O)NC(CC(C)C)C(=O)NC(CC(C)C)C(=O)NC(CC(C)C)C(=O)NC(C)C(=O)OC1C. The summed E-state index contributed by atoms with van der Waals surface area (Å²) in [6.07, 6.45) is 0.0971. The quantitative estimate of drug-likeness (QED) is 0.151. The van der Waals surface area contributed by atoms with Gasteiger partial charge in [-0.3, -0.25) is 33.6 Å². The number of ether oxygens (including phenoxy) is 1. The number of amides is 7. The Morgan fingerprint density at radius 2 is 1.07 bits per heavy atom. The Kier molecular flexibility index (Phi) is 19.8. The molecule has 1 saturated heterocycles. The first-order chi connectivity index (χ1) is 25.4. The van der Waals surface area contributed by atoms with Crippen molar-refractivity contribution < 1.29 is 43.1 Å². The molecule has 1 fully saturated rings. The van der Waals surface area contributed by atoms with Crippen molar-refractivity contribution >= 4 is 47.3 Å². The van der Waals surface area contributed by atoms with Crippen molar-refractivity contribution in [1.82, 2.24) is 37.2 Å². The van der Waals surface area contributed by atoms with Crippen molar-refractivity contribution in [3.05, 3.63) is 0 Å². The highest BCUT2D eigenvalue weighted by Crippen LogP contribution is 2.19. The van der Waals surface area contributed by atoms with Crippen LogP contribution in [0.4, 0.5) is 0 Å². The minimum absolute atomic E-state index is 0.0514. The van der Waals surface area contributed by atoms with Crippen molar-refractivity contribution in [2.45, 2.75) is 176 Å². The Morgan fingerprint density at radius 3 is 1.51 bits per heavy atom. The highest BCUT2D eigenvalue weighted by Gasteiger charge is 2.41. The molecule has 1 rings (SSSR count). The number of nitrogens with one attached hydrogen (secondary N) is 7. The summed E-state index contributed by atoms with van der Waals surface area (Å²) in [6.45, 7) is 22.5. The lowest BCUT2D eigenvalue weighted by Gasteiger charge is -2.35. The van der Waals surface area contributed by atoms with Crippen molar-refractivity contribution in [2.75, 3.05) is 0 Å². The zero-order chi connectivity index (χ0) is 42.4. The van der Waals surface area contributed by atoms with E-state index in [0.717, 1.165) is 0 Å². The number of hydrogen-bond donors (Lipinski definition) is 7. The zero-order valence-electron chi connectivity index (χ0n) is 35.3. The molecule has 55 heavy (non-hydrogen) atoms. The van der Waals surface area contributed by atoms with Crippen LogP contribution in [0, 0.1) is 23.7 Å². The predicted octanol–water partition coefficient (Wildman–Crippen LogP) is 1.74. The van der Waals surface area contributed by atoms with Crippen LogP contribution in [0.1, 0.15) is 129 Å². The molecule has 1 aliphatic heterocycles. The van der Waals surface area contributed by atoms with Gasteiger partial charge in [-0.15, -0.1) is 0 Å². The van der Waals surface area contributed by atoms with E-state index in [1.165, 1.54) is 27.7 Å². The molecule has 1 heterocycles. The Hall–Kier alpha value is -4.24. The second-order valence-corrected chi connectivity index (χ2v) is 16.9. The summed E-state index contributed by atoms with van der Waals surface area (Å²) < 4.78 is 5.57. The normalized spacial score (nSPS) is 28.6. The van der Waals surface area contributed by atoms with Gasteiger partial charge in [-0.25, -0.2) is 4.79 Å². The van der Waals surface area contributed by atoms with E-state index in [-0.39, 0.29) is 55.8 Å². The molecule has 0 aromatic rings. The standard InChI is InChI=1S/C39H69N7O9/c1-14-15-30(47)45-31-26(12)55-37(53)25(11)41-33(49)27(16-20(2)3)42-34(50)28(17-21(4)5)43-35(51)29(18-22(6)7)44-38(54)39(13,19-23(8)9)46-32(48)24(10)40-36(31)52/h20-29,31H,14-19H2,1-13H3,(H,40,52)(H,41,49)(H,42,50)(H,43,51)(H,44,54)(H,45,47)(H,46,48). The summed E-state index contributed by atoms with van der Waals surface area (Å²) in [5.41, 5.74) is -1.55. The molecule has 0 spiro atoms. The van der Waals surface area contributed by atoms with E-state index in [1.54, 1.807) is 6.92 Å². The van der Waals surface area contributed by atoms with Crippen LogP contribution in [0.25, 0.3) is 0 Å². The Bertz CT molecular complexity index is 1370. The minimum Gasteiger partial charge on any atom is -0.458 e. The zero-order valence-corrected chi connectivity index (χ0v) is 35.3. The van der Waals surface area contributed by atoms with Gasteiger partial charge in [-0.1, -0.05) is 62.3 Å². The maximum absolute atomic E-state index is 14.1. The largest absolute Gasteiger partial charge is 0.458 e. The van der Waals surface area contributed by atoms with E-state index in [4.69, 9.17) is 4.74 Å². The predicted molar refractivity (Wildman–Crippen MR) is 208 cm³/mol. The van der Waals surface area contributed by atoms with Crippen molar-refractivity contribution in [2.24, 2.45) is 23.7 Å². The number of rotatable bonds is 11. The van der Waals surface area contributed by atoms with Gasteiger partial charge < -0.3 is 42.0 Å². The van der Waals surface area contributed by atoms with E-state index in [0.29, 0.717) is 6.42 Å². The second-order valence-electron chi connectivity index (χ2n) is 16.9. The van der Waals surface area contributed by atoms with E-state index in [9.17, 15) is 38.4 Å². The third-order valence-corrected chi connectivity index (χ3v) is 9.04. The van der Waals surface area contributed by atoms with Crippen LogP contribution < -0.4 is 37.2 Å². The maximum atomic E-state index is 14.1.